The Bertz CT molecular complexity index is 593. The van der Waals surface area contributed by atoms with Crippen molar-refractivity contribution in [2.45, 2.75) is 18.9 Å². The maximum atomic E-state index is 11.9. The van der Waals surface area contributed by atoms with Crippen LogP contribution >= 0.6 is 11.6 Å². The summed E-state index contributed by atoms with van der Waals surface area (Å²) in [5.74, 6) is -0.898. The quantitative estimate of drug-likeness (QED) is 0.375. The van der Waals surface area contributed by atoms with Gasteiger partial charge in [-0.15, -0.1) is 0 Å². The van der Waals surface area contributed by atoms with E-state index < -0.39 is 16.9 Å². The Hall–Kier alpha value is -2.29. The van der Waals surface area contributed by atoms with Gasteiger partial charge in [-0.1, -0.05) is 0 Å². The smallest absolute Gasteiger partial charge is 0.329 e. The van der Waals surface area contributed by atoms with Crippen LogP contribution in [0.3, 0.4) is 0 Å². The topological polar surface area (TPSA) is 118 Å². The van der Waals surface area contributed by atoms with E-state index >= 15 is 0 Å². The van der Waals surface area contributed by atoms with Gasteiger partial charge >= 0.3 is 5.69 Å². The first-order valence-corrected chi connectivity index (χ1v) is 6.02. The highest BCUT2D eigenvalue weighted by atomic mass is 35.5. The van der Waals surface area contributed by atoms with Gasteiger partial charge in [-0.05, 0) is 18.0 Å². The number of halogens is 1. The number of anilines is 1. The number of likely N-dealkylation sites (tertiary alicyclic amines) is 1. The number of rotatable bonds is 3. The van der Waals surface area contributed by atoms with Crippen LogP contribution in [0.15, 0.2) is 6.20 Å². The maximum absolute atomic E-state index is 11.9. The van der Waals surface area contributed by atoms with E-state index in [0.717, 1.165) is 11.1 Å². The molecule has 0 spiro atoms. The first kappa shape index (κ1) is 14.1. The van der Waals surface area contributed by atoms with Crippen molar-refractivity contribution in [1.82, 2.24) is 14.9 Å². The molecule has 1 unspecified atom stereocenters. The van der Waals surface area contributed by atoms with Crippen molar-refractivity contribution in [3.63, 3.8) is 0 Å². The molecule has 106 valence electrons. The van der Waals surface area contributed by atoms with Gasteiger partial charge in [-0.25, -0.2) is 4.98 Å². The van der Waals surface area contributed by atoms with Gasteiger partial charge in [0.05, 0.1) is 4.92 Å². The van der Waals surface area contributed by atoms with Crippen molar-refractivity contribution >= 4 is 34.9 Å². The lowest BCUT2D eigenvalue weighted by Gasteiger charge is -2.28. The van der Waals surface area contributed by atoms with Crippen LogP contribution in [-0.4, -0.2) is 44.7 Å². The van der Waals surface area contributed by atoms with Crippen LogP contribution in [0.25, 0.3) is 0 Å². The van der Waals surface area contributed by atoms with Crippen LogP contribution in [0.2, 0.25) is 5.28 Å². The van der Waals surface area contributed by atoms with E-state index in [0.29, 0.717) is 0 Å². The second-order valence-corrected chi connectivity index (χ2v) is 4.49. The zero-order chi connectivity index (χ0) is 14.9. The van der Waals surface area contributed by atoms with Crippen molar-refractivity contribution in [2.75, 3.05) is 12.4 Å². The number of aromatic nitrogens is 2. The molecular formula is C10H10ClN5O4. The molecule has 0 radical (unpaired) electrons. The lowest BCUT2D eigenvalue weighted by Crippen LogP contribution is -2.48. The summed E-state index contributed by atoms with van der Waals surface area (Å²) in [5, 5.41) is 13.3. The number of hydrogen-bond donors (Lipinski definition) is 1. The molecule has 2 amide bonds. The number of imide groups is 1. The minimum absolute atomic E-state index is 0.143. The predicted molar refractivity (Wildman–Crippen MR) is 68.1 cm³/mol. The number of piperidine rings is 1. The second-order valence-electron chi connectivity index (χ2n) is 4.16. The Balaban J connectivity index is 2.26. The summed E-state index contributed by atoms with van der Waals surface area (Å²) in [6.45, 7) is 0. The average Bonchev–Trinajstić information content (AvgIpc) is 2.39. The fourth-order valence-electron chi connectivity index (χ4n) is 1.81. The van der Waals surface area contributed by atoms with Gasteiger partial charge in [0.25, 0.3) is 5.91 Å². The Morgan fingerprint density at radius 3 is 2.90 bits per heavy atom. The maximum Gasteiger partial charge on any atom is 0.329 e. The fraction of sp³-hybridized carbons (Fsp3) is 0.400. The van der Waals surface area contributed by atoms with E-state index in [2.05, 4.69) is 15.3 Å². The lowest BCUT2D eigenvalue weighted by molar-refractivity contribution is -0.384. The van der Waals surface area contributed by atoms with Crippen LogP contribution in [0, 0.1) is 10.1 Å². The molecule has 1 atom stereocenters. The number of carbonyl (C=O) groups is 2. The van der Waals surface area contributed by atoms with Crippen molar-refractivity contribution in [2.24, 2.45) is 0 Å². The summed E-state index contributed by atoms with van der Waals surface area (Å²) in [4.78, 5) is 41.7. The summed E-state index contributed by atoms with van der Waals surface area (Å²) in [7, 11) is 1.36. The summed E-state index contributed by atoms with van der Waals surface area (Å²) < 4.78 is 0. The number of nitrogens with zero attached hydrogens (tertiary/aromatic N) is 4. The molecule has 0 aromatic carbocycles. The Morgan fingerprint density at radius 2 is 2.25 bits per heavy atom. The van der Waals surface area contributed by atoms with Crippen LogP contribution < -0.4 is 5.32 Å². The minimum atomic E-state index is -0.762. The zero-order valence-electron chi connectivity index (χ0n) is 10.4. The average molecular weight is 300 g/mol. The molecule has 1 aliphatic rings. The second kappa shape index (κ2) is 5.37. The fourth-order valence-corrected chi connectivity index (χ4v) is 1.94. The van der Waals surface area contributed by atoms with Crippen molar-refractivity contribution < 1.29 is 14.5 Å². The van der Waals surface area contributed by atoms with E-state index in [1.54, 1.807) is 0 Å². The van der Waals surface area contributed by atoms with Gasteiger partial charge in [-0.3, -0.25) is 24.6 Å². The third kappa shape index (κ3) is 2.67. The van der Waals surface area contributed by atoms with Crippen molar-refractivity contribution in [1.29, 1.82) is 0 Å². The number of carbonyl (C=O) groups excluding carboxylic acids is 2. The first-order chi connectivity index (χ1) is 9.40. The minimum Gasteiger partial charge on any atom is -0.352 e. The molecule has 1 aromatic heterocycles. The molecule has 2 heterocycles. The van der Waals surface area contributed by atoms with E-state index in [1.807, 2.05) is 0 Å². The molecule has 0 bridgehead atoms. The normalized spacial score (nSPS) is 19.1. The van der Waals surface area contributed by atoms with Gasteiger partial charge in [-0.2, -0.15) is 4.98 Å². The van der Waals surface area contributed by atoms with Crippen LogP contribution in [0.4, 0.5) is 11.5 Å². The third-order valence-corrected chi connectivity index (χ3v) is 3.08. The largest absolute Gasteiger partial charge is 0.352 e. The van der Waals surface area contributed by atoms with Crippen LogP contribution in [0.1, 0.15) is 12.8 Å². The standard InChI is InChI=1S/C10H10ClN5O4/c1-15-7(17)3-2-5(9(15)18)13-8-6(16(19)20)4-12-10(11)14-8/h4-5H,2-3H2,1H3,(H,12,13,14). The van der Waals surface area contributed by atoms with E-state index in [4.69, 9.17) is 11.6 Å². The molecule has 1 aromatic rings. The summed E-state index contributed by atoms with van der Waals surface area (Å²) in [6, 6.07) is -0.762. The number of hydrogen-bond acceptors (Lipinski definition) is 7. The number of nitrogens with one attached hydrogen (secondary N) is 1. The molecular weight excluding hydrogens is 290 g/mol. The zero-order valence-corrected chi connectivity index (χ0v) is 11.1. The van der Waals surface area contributed by atoms with Crippen LogP contribution in [0.5, 0.6) is 0 Å². The first-order valence-electron chi connectivity index (χ1n) is 5.64. The van der Waals surface area contributed by atoms with Crippen molar-refractivity contribution in [3.05, 3.63) is 21.6 Å². The Kier molecular flexibility index (Phi) is 3.79. The molecule has 0 aliphatic carbocycles. The SMILES string of the molecule is CN1C(=O)CCC(Nc2nc(Cl)ncc2[N+](=O)[O-])C1=O. The number of amides is 2. The number of likely N-dealkylation sites (N-methyl/N-ethyl adjacent to an activating group) is 1. The molecule has 0 saturated carbocycles. The summed E-state index contributed by atoms with van der Waals surface area (Å²) in [6.07, 6.45) is 1.37. The molecule has 20 heavy (non-hydrogen) atoms. The molecule has 1 N–H and O–H groups in total. The summed E-state index contributed by atoms with van der Waals surface area (Å²) in [5.41, 5.74) is -0.387. The van der Waals surface area contributed by atoms with Gasteiger partial charge in [0.2, 0.25) is 17.0 Å². The van der Waals surface area contributed by atoms with E-state index in [9.17, 15) is 19.7 Å². The highest BCUT2D eigenvalue weighted by Gasteiger charge is 2.33. The molecule has 1 saturated heterocycles. The Morgan fingerprint density at radius 1 is 1.55 bits per heavy atom. The van der Waals surface area contributed by atoms with Gasteiger partial charge in [0.15, 0.2) is 0 Å². The predicted octanol–water partition coefficient (Wildman–Crippen LogP) is 0.597. The van der Waals surface area contributed by atoms with Crippen molar-refractivity contribution in [3.8, 4) is 0 Å². The van der Waals surface area contributed by atoms with Crippen LogP contribution in [-0.2, 0) is 9.59 Å². The monoisotopic (exact) mass is 299 g/mol. The molecule has 9 nitrogen and oxygen atoms in total. The Labute approximate surface area is 118 Å². The van der Waals surface area contributed by atoms with Gasteiger partial charge < -0.3 is 5.32 Å². The summed E-state index contributed by atoms with van der Waals surface area (Å²) >= 11 is 5.59. The third-order valence-electron chi connectivity index (χ3n) is 2.90. The van der Waals surface area contributed by atoms with E-state index in [-0.39, 0.29) is 35.5 Å². The highest BCUT2D eigenvalue weighted by Crippen LogP contribution is 2.25. The molecule has 10 heteroatoms. The van der Waals surface area contributed by atoms with Gasteiger partial charge in [0, 0.05) is 13.5 Å². The molecule has 1 fully saturated rings. The van der Waals surface area contributed by atoms with E-state index in [1.165, 1.54) is 7.05 Å². The molecule has 1 aliphatic heterocycles. The lowest BCUT2D eigenvalue weighted by atomic mass is 10.0. The molecule has 2 rings (SSSR count). The number of nitro groups is 1. The highest BCUT2D eigenvalue weighted by molar-refractivity contribution is 6.28. The van der Waals surface area contributed by atoms with Gasteiger partial charge in [0.1, 0.15) is 12.2 Å².